The number of rotatable bonds is 3. The Morgan fingerprint density at radius 2 is 1.73 bits per heavy atom. The van der Waals surface area contributed by atoms with E-state index in [1.54, 1.807) is 0 Å². The van der Waals surface area contributed by atoms with Crippen LogP contribution >= 0.6 is 0 Å². The van der Waals surface area contributed by atoms with Crippen molar-refractivity contribution in [2.75, 3.05) is 0 Å². The van der Waals surface area contributed by atoms with E-state index in [0.29, 0.717) is 0 Å². The summed E-state index contributed by atoms with van der Waals surface area (Å²) >= 11 is 0. The van der Waals surface area contributed by atoms with Crippen molar-refractivity contribution in [3.8, 4) is 5.75 Å². The fourth-order valence-corrected chi connectivity index (χ4v) is 0.911. The van der Waals surface area contributed by atoms with E-state index in [9.17, 15) is 14.7 Å². The number of hydrogen-bond donors (Lipinski definition) is 2. The van der Waals surface area contributed by atoms with E-state index in [1.165, 1.54) is 24.3 Å². The van der Waals surface area contributed by atoms with Crippen LogP contribution in [0.3, 0.4) is 0 Å². The van der Waals surface area contributed by atoms with Crippen molar-refractivity contribution in [3.63, 3.8) is 0 Å². The second-order valence-electron chi connectivity index (χ2n) is 2.70. The van der Waals surface area contributed by atoms with Crippen molar-refractivity contribution in [1.82, 2.24) is 0 Å². The Morgan fingerprint density at radius 1 is 1.27 bits per heavy atom. The van der Waals surface area contributed by atoms with E-state index in [4.69, 9.17) is 10.8 Å². The number of nitrogens with two attached hydrogens (primary N) is 1. The van der Waals surface area contributed by atoms with Gasteiger partial charge in [0.15, 0.2) is 11.8 Å². The van der Waals surface area contributed by atoms with E-state index in [-0.39, 0.29) is 40.9 Å². The summed E-state index contributed by atoms with van der Waals surface area (Å²) in [5, 5.41) is 19.1. The molecule has 74 valence electrons. The zero-order chi connectivity index (χ0) is 10.7. The quantitative estimate of drug-likeness (QED) is 0.309. The van der Waals surface area contributed by atoms with E-state index < -0.39 is 17.8 Å². The van der Waals surface area contributed by atoms with Gasteiger partial charge in [-0.1, -0.05) is 24.3 Å². The number of Topliss-reactive ketones (excluding diaryl/α,β-unsaturated/α-hetero) is 1. The van der Waals surface area contributed by atoms with Crippen LogP contribution in [0.2, 0.25) is 0 Å². The average molecular weight is 217 g/mol. The standard InChI is InChI=1S/C9H9NO4.Na/c10-7(9(13)14)8(12)5-1-3-6(11)4-2-5;/h1-4,7,11H,10H2,(H,13,14);/q;+1/p-1. The van der Waals surface area contributed by atoms with Crippen LogP contribution in [0.1, 0.15) is 10.4 Å². The van der Waals surface area contributed by atoms with Crippen LogP contribution in [0.5, 0.6) is 5.75 Å². The molecule has 0 aliphatic rings. The first-order valence-electron chi connectivity index (χ1n) is 3.82. The minimum Gasteiger partial charge on any atom is -0.872 e. The number of carboxylic acids is 1. The molecule has 0 aliphatic heterocycles. The van der Waals surface area contributed by atoms with Crippen LogP contribution in [0, 0.1) is 0 Å². The van der Waals surface area contributed by atoms with Crippen LogP contribution in [0.15, 0.2) is 24.3 Å². The third kappa shape index (κ3) is 3.64. The predicted octanol–water partition coefficient (Wildman–Crippen LogP) is -3.64. The van der Waals surface area contributed by atoms with Gasteiger partial charge in [0.2, 0.25) is 0 Å². The fraction of sp³-hybridized carbons (Fsp3) is 0.111. The first kappa shape index (κ1) is 14.1. The topological polar surface area (TPSA) is 103 Å². The normalized spacial score (nSPS) is 11.3. The minimum atomic E-state index is -1.58. The van der Waals surface area contributed by atoms with Gasteiger partial charge in [-0.25, -0.2) is 0 Å². The molecule has 0 fully saturated rings. The molecule has 1 aromatic rings. The Morgan fingerprint density at radius 3 is 2.13 bits per heavy atom. The molecule has 1 unspecified atom stereocenters. The minimum absolute atomic E-state index is 0. The van der Waals surface area contributed by atoms with Crippen molar-refractivity contribution in [2.24, 2.45) is 5.73 Å². The molecule has 5 nitrogen and oxygen atoms in total. The summed E-state index contributed by atoms with van der Waals surface area (Å²) in [6, 6.07) is 3.30. The fourth-order valence-electron chi connectivity index (χ4n) is 0.911. The summed E-state index contributed by atoms with van der Waals surface area (Å²) in [5.41, 5.74) is 5.23. The molecule has 0 heterocycles. The average Bonchev–Trinajstić information content (AvgIpc) is 2.16. The summed E-state index contributed by atoms with van der Waals surface area (Å²) in [7, 11) is 0. The monoisotopic (exact) mass is 217 g/mol. The molecule has 0 radical (unpaired) electrons. The number of ketones is 1. The maximum Gasteiger partial charge on any atom is 1.00 e. The van der Waals surface area contributed by atoms with Gasteiger partial charge in [-0.15, -0.1) is 5.75 Å². The molecule has 1 rings (SSSR count). The molecule has 0 aliphatic carbocycles. The van der Waals surface area contributed by atoms with Crippen molar-refractivity contribution in [1.29, 1.82) is 0 Å². The zero-order valence-electron chi connectivity index (χ0n) is 8.14. The number of carbonyl (C=O) groups excluding carboxylic acids is 1. The van der Waals surface area contributed by atoms with Gasteiger partial charge < -0.3 is 15.9 Å². The molecule has 0 bridgehead atoms. The Bertz CT molecular complexity index is 363. The van der Waals surface area contributed by atoms with E-state index in [2.05, 4.69) is 0 Å². The number of aliphatic carboxylic acids is 1. The van der Waals surface area contributed by atoms with Crippen molar-refractivity contribution in [2.45, 2.75) is 6.04 Å². The third-order valence-electron chi connectivity index (χ3n) is 1.69. The van der Waals surface area contributed by atoms with Crippen LogP contribution in [-0.2, 0) is 4.79 Å². The molecule has 1 aromatic carbocycles. The second-order valence-corrected chi connectivity index (χ2v) is 2.70. The van der Waals surface area contributed by atoms with Crippen molar-refractivity contribution >= 4 is 11.8 Å². The molecule has 1 atom stereocenters. The van der Waals surface area contributed by atoms with Crippen LogP contribution in [0.4, 0.5) is 0 Å². The van der Waals surface area contributed by atoms with Crippen LogP contribution < -0.4 is 40.4 Å². The number of hydrogen-bond acceptors (Lipinski definition) is 4. The van der Waals surface area contributed by atoms with Gasteiger partial charge in [0.25, 0.3) is 0 Å². The van der Waals surface area contributed by atoms with E-state index in [0.717, 1.165) is 0 Å². The van der Waals surface area contributed by atoms with Gasteiger partial charge in [0.05, 0.1) is 0 Å². The Balaban J connectivity index is 0.00000196. The SMILES string of the molecule is NC(C(=O)O)C(=O)c1ccc([O-])cc1.[Na+]. The van der Waals surface area contributed by atoms with E-state index >= 15 is 0 Å². The van der Waals surface area contributed by atoms with Crippen molar-refractivity contribution < 1.29 is 49.4 Å². The molecule has 6 heteroatoms. The molecule has 0 aromatic heterocycles. The van der Waals surface area contributed by atoms with Gasteiger partial charge in [0, 0.05) is 5.56 Å². The first-order valence-corrected chi connectivity index (χ1v) is 3.82. The molecular weight excluding hydrogens is 209 g/mol. The summed E-state index contributed by atoms with van der Waals surface area (Å²) in [5.74, 6) is -2.34. The molecule has 0 saturated carbocycles. The Labute approximate surface area is 108 Å². The summed E-state index contributed by atoms with van der Waals surface area (Å²) in [6.07, 6.45) is 0. The Hall–Kier alpha value is -0.880. The second kappa shape index (κ2) is 5.87. The largest absolute Gasteiger partial charge is 1.00 e. The number of benzene rings is 1. The summed E-state index contributed by atoms with van der Waals surface area (Å²) in [4.78, 5) is 21.7. The molecule has 0 spiro atoms. The number of carboxylic acid groups (broad SMARTS) is 1. The summed E-state index contributed by atoms with van der Waals surface area (Å²) < 4.78 is 0. The van der Waals surface area contributed by atoms with Gasteiger partial charge >= 0.3 is 35.5 Å². The van der Waals surface area contributed by atoms with Crippen LogP contribution in [0.25, 0.3) is 0 Å². The Kier molecular flexibility index (Phi) is 5.53. The third-order valence-corrected chi connectivity index (χ3v) is 1.69. The molecule has 15 heavy (non-hydrogen) atoms. The van der Waals surface area contributed by atoms with Gasteiger partial charge in [0.1, 0.15) is 0 Å². The first-order chi connectivity index (χ1) is 6.52. The predicted molar refractivity (Wildman–Crippen MR) is 45.8 cm³/mol. The maximum atomic E-state index is 11.3. The van der Waals surface area contributed by atoms with Gasteiger partial charge in [-0.2, -0.15) is 0 Å². The molecule has 0 amide bonds. The molecule has 0 saturated heterocycles. The smallest absolute Gasteiger partial charge is 0.872 e. The van der Waals surface area contributed by atoms with Crippen LogP contribution in [-0.4, -0.2) is 22.9 Å². The van der Waals surface area contributed by atoms with Gasteiger partial charge in [-0.3, -0.25) is 9.59 Å². The maximum absolute atomic E-state index is 11.3. The van der Waals surface area contributed by atoms with Gasteiger partial charge in [-0.05, 0) is 0 Å². The van der Waals surface area contributed by atoms with E-state index in [1.807, 2.05) is 0 Å². The molecule has 3 N–H and O–H groups in total. The summed E-state index contributed by atoms with van der Waals surface area (Å²) in [6.45, 7) is 0. The number of carbonyl (C=O) groups is 2. The zero-order valence-corrected chi connectivity index (χ0v) is 10.1. The van der Waals surface area contributed by atoms with Crippen molar-refractivity contribution in [3.05, 3.63) is 29.8 Å². The molecular formula is C9H8NNaO4.